The molecule has 10 nitrogen and oxygen atoms in total. The summed E-state index contributed by atoms with van der Waals surface area (Å²) in [5.74, 6) is -1.15. The number of methoxy groups -OCH3 is 1. The summed E-state index contributed by atoms with van der Waals surface area (Å²) in [4.78, 5) is 38.6. The number of ether oxygens (including phenoxy) is 2. The van der Waals surface area contributed by atoms with E-state index in [9.17, 15) is 22.8 Å². The SMILES string of the molecule is CCC(C)(CC(C)(CC(C)(C)C(=O)OC)C(=O)OCCO)C(=O)NCOS(=O)(=O)C1CCC(C)CC1. The zero-order chi connectivity index (χ0) is 27.8. The number of nitrogens with one attached hydrogen (secondary N) is 1. The van der Waals surface area contributed by atoms with Crippen molar-refractivity contribution in [3.8, 4) is 0 Å². The van der Waals surface area contributed by atoms with Crippen molar-refractivity contribution in [3.63, 3.8) is 0 Å². The number of carbonyl (C=O) groups is 3. The van der Waals surface area contributed by atoms with E-state index in [1.54, 1.807) is 34.6 Å². The van der Waals surface area contributed by atoms with Crippen LogP contribution in [0.1, 0.15) is 86.5 Å². The topological polar surface area (TPSA) is 145 Å². The summed E-state index contributed by atoms with van der Waals surface area (Å²) in [6.07, 6.45) is 3.09. The molecule has 11 heteroatoms. The van der Waals surface area contributed by atoms with Gasteiger partial charge in [-0.25, -0.2) is 4.18 Å². The highest BCUT2D eigenvalue weighted by molar-refractivity contribution is 7.87. The third-order valence-electron chi connectivity index (χ3n) is 7.32. The molecule has 0 spiro atoms. The number of esters is 2. The lowest BCUT2D eigenvalue weighted by Gasteiger charge is -2.40. The Balaban J connectivity index is 2.99. The molecule has 1 amide bonds. The molecule has 1 rings (SSSR count). The molecule has 0 aromatic carbocycles. The fraction of sp³-hybridized carbons (Fsp3) is 0.880. The van der Waals surface area contributed by atoms with E-state index >= 15 is 0 Å². The molecule has 210 valence electrons. The lowest BCUT2D eigenvalue weighted by molar-refractivity contribution is -0.165. The van der Waals surface area contributed by atoms with E-state index in [-0.39, 0.29) is 26.1 Å². The van der Waals surface area contributed by atoms with Crippen molar-refractivity contribution in [2.45, 2.75) is 91.7 Å². The molecule has 1 saturated carbocycles. The molecule has 0 aromatic heterocycles. The molecule has 0 bridgehead atoms. The lowest BCUT2D eigenvalue weighted by atomic mass is 9.65. The van der Waals surface area contributed by atoms with E-state index < -0.39 is 56.2 Å². The van der Waals surface area contributed by atoms with Crippen LogP contribution < -0.4 is 5.32 Å². The zero-order valence-electron chi connectivity index (χ0n) is 22.8. The molecule has 2 atom stereocenters. The van der Waals surface area contributed by atoms with Crippen LogP contribution in [-0.4, -0.2) is 63.7 Å². The maximum atomic E-state index is 13.2. The quantitative estimate of drug-likeness (QED) is 0.195. The van der Waals surface area contributed by atoms with Crippen LogP contribution in [0.15, 0.2) is 0 Å². The van der Waals surface area contributed by atoms with Gasteiger partial charge in [-0.05, 0) is 71.6 Å². The van der Waals surface area contributed by atoms with Crippen molar-refractivity contribution >= 4 is 28.0 Å². The van der Waals surface area contributed by atoms with Gasteiger partial charge in [0.05, 0.1) is 29.8 Å². The molecule has 36 heavy (non-hydrogen) atoms. The molecule has 0 heterocycles. The maximum Gasteiger partial charge on any atom is 0.311 e. The van der Waals surface area contributed by atoms with Crippen LogP contribution in [0, 0.1) is 22.2 Å². The van der Waals surface area contributed by atoms with Crippen LogP contribution in [0.4, 0.5) is 0 Å². The van der Waals surface area contributed by atoms with Gasteiger partial charge < -0.3 is 19.9 Å². The summed E-state index contributed by atoms with van der Waals surface area (Å²) in [5.41, 5.74) is -3.44. The second-order valence-electron chi connectivity index (χ2n) is 11.2. The number of carbonyl (C=O) groups excluding carboxylic acids is 3. The highest BCUT2D eigenvalue weighted by Gasteiger charge is 2.49. The van der Waals surface area contributed by atoms with Gasteiger partial charge in [0.25, 0.3) is 10.1 Å². The van der Waals surface area contributed by atoms with Gasteiger partial charge >= 0.3 is 11.9 Å². The normalized spacial score (nSPS) is 22.1. The van der Waals surface area contributed by atoms with Crippen molar-refractivity contribution < 1.29 is 41.6 Å². The van der Waals surface area contributed by atoms with E-state index in [4.69, 9.17) is 18.8 Å². The first-order valence-electron chi connectivity index (χ1n) is 12.6. The Kier molecular flexibility index (Phi) is 11.8. The van der Waals surface area contributed by atoms with Crippen molar-refractivity contribution in [2.24, 2.45) is 22.2 Å². The Morgan fingerprint density at radius 1 is 0.972 bits per heavy atom. The minimum Gasteiger partial charge on any atom is -0.469 e. The number of aliphatic hydroxyl groups is 1. The Morgan fingerprint density at radius 3 is 2.06 bits per heavy atom. The zero-order valence-corrected chi connectivity index (χ0v) is 23.7. The molecule has 2 unspecified atom stereocenters. The molecule has 2 N–H and O–H groups in total. The minimum atomic E-state index is -3.81. The fourth-order valence-corrected chi connectivity index (χ4v) is 6.34. The summed E-state index contributed by atoms with van der Waals surface area (Å²) < 4.78 is 40.3. The summed E-state index contributed by atoms with van der Waals surface area (Å²) in [5, 5.41) is 11.1. The van der Waals surface area contributed by atoms with Gasteiger partial charge in [0.15, 0.2) is 0 Å². The Hall–Kier alpha value is -1.72. The third-order valence-corrected chi connectivity index (χ3v) is 9.06. The first kappa shape index (κ1) is 32.3. The largest absolute Gasteiger partial charge is 0.469 e. The van der Waals surface area contributed by atoms with Crippen LogP contribution in [0.2, 0.25) is 0 Å². The Labute approximate surface area is 215 Å². The highest BCUT2D eigenvalue weighted by Crippen LogP contribution is 2.45. The fourth-order valence-electron chi connectivity index (χ4n) is 5.08. The average molecular weight is 536 g/mol. The van der Waals surface area contributed by atoms with Gasteiger partial charge in [0, 0.05) is 5.41 Å². The van der Waals surface area contributed by atoms with Crippen LogP contribution >= 0.6 is 0 Å². The minimum absolute atomic E-state index is 0.0142. The van der Waals surface area contributed by atoms with E-state index in [0.717, 1.165) is 12.8 Å². The van der Waals surface area contributed by atoms with Gasteiger partial charge in [0.1, 0.15) is 13.3 Å². The van der Waals surface area contributed by atoms with E-state index in [1.807, 2.05) is 0 Å². The smallest absolute Gasteiger partial charge is 0.311 e. The average Bonchev–Trinajstić information content (AvgIpc) is 2.81. The van der Waals surface area contributed by atoms with Crippen LogP contribution in [-0.2, 0) is 38.2 Å². The van der Waals surface area contributed by atoms with Gasteiger partial charge in [-0.3, -0.25) is 14.4 Å². The molecule has 1 fully saturated rings. The molecular formula is C25H45NO9S. The van der Waals surface area contributed by atoms with Gasteiger partial charge in [-0.15, -0.1) is 0 Å². The highest BCUT2D eigenvalue weighted by atomic mass is 32.2. The molecule has 0 aromatic rings. The van der Waals surface area contributed by atoms with Crippen molar-refractivity contribution in [1.82, 2.24) is 5.32 Å². The van der Waals surface area contributed by atoms with Crippen LogP contribution in [0.5, 0.6) is 0 Å². The monoisotopic (exact) mass is 535 g/mol. The molecule has 0 saturated heterocycles. The van der Waals surface area contributed by atoms with E-state index in [2.05, 4.69) is 12.2 Å². The molecular weight excluding hydrogens is 490 g/mol. The maximum absolute atomic E-state index is 13.2. The summed E-state index contributed by atoms with van der Waals surface area (Å²) >= 11 is 0. The summed E-state index contributed by atoms with van der Waals surface area (Å²) in [6.45, 7) is 9.37. The van der Waals surface area contributed by atoms with Gasteiger partial charge in [-0.2, -0.15) is 8.42 Å². The van der Waals surface area contributed by atoms with Gasteiger partial charge in [-0.1, -0.05) is 20.8 Å². The molecule has 1 aliphatic rings. The lowest BCUT2D eigenvalue weighted by Crippen LogP contribution is -2.47. The Bertz CT molecular complexity index is 865. The first-order chi connectivity index (χ1) is 16.6. The van der Waals surface area contributed by atoms with Crippen LogP contribution in [0.3, 0.4) is 0 Å². The number of rotatable bonds is 14. The number of aliphatic hydroxyl groups excluding tert-OH is 1. The summed E-state index contributed by atoms with van der Waals surface area (Å²) in [6, 6.07) is 0. The standard InChI is InChI=1S/C25H45NO9S/c1-8-24(5,20(28)26-17-35-36(31,32)19-11-9-18(2)10-12-19)16-25(6,22(30)34-14-13-27)15-23(3,4)21(29)33-7/h18-19,27H,8-17H2,1-7H3,(H,26,28). The van der Waals surface area contributed by atoms with E-state index in [0.29, 0.717) is 25.2 Å². The van der Waals surface area contributed by atoms with Crippen molar-refractivity contribution in [3.05, 3.63) is 0 Å². The predicted octanol–water partition coefficient (Wildman–Crippen LogP) is 2.92. The van der Waals surface area contributed by atoms with Gasteiger partial charge in [0.2, 0.25) is 5.91 Å². The van der Waals surface area contributed by atoms with E-state index in [1.165, 1.54) is 7.11 Å². The van der Waals surface area contributed by atoms with Crippen LogP contribution in [0.25, 0.3) is 0 Å². The van der Waals surface area contributed by atoms with Crippen molar-refractivity contribution in [1.29, 1.82) is 0 Å². The number of hydrogen-bond donors (Lipinski definition) is 2. The molecule has 0 aliphatic heterocycles. The number of amides is 1. The predicted molar refractivity (Wildman–Crippen MR) is 134 cm³/mol. The second-order valence-corrected chi connectivity index (χ2v) is 13.1. The molecule has 0 radical (unpaired) electrons. The third kappa shape index (κ3) is 8.69. The summed E-state index contributed by atoms with van der Waals surface area (Å²) in [7, 11) is -2.55. The number of hydrogen-bond acceptors (Lipinski definition) is 9. The second kappa shape index (κ2) is 13.2. The first-order valence-corrected chi connectivity index (χ1v) is 14.1. The van der Waals surface area contributed by atoms with Crippen molar-refractivity contribution in [2.75, 3.05) is 27.1 Å². The Morgan fingerprint density at radius 2 is 1.56 bits per heavy atom. The molecule has 1 aliphatic carbocycles.